The first-order valence-corrected chi connectivity index (χ1v) is 5.99. The zero-order valence-electron chi connectivity index (χ0n) is 12.0. The third kappa shape index (κ3) is 6.18. The molecule has 0 aliphatic heterocycles. The van der Waals surface area contributed by atoms with Crippen molar-refractivity contribution in [2.45, 2.75) is 19.9 Å². The Bertz CT molecular complexity index is 532. The Labute approximate surface area is 125 Å². The van der Waals surface area contributed by atoms with Crippen LogP contribution in [0.1, 0.15) is 13.8 Å². The van der Waals surface area contributed by atoms with Crippen molar-refractivity contribution in [2.24, 2.45) is 11.1 Å². The molecule has 0 bridgehead atoms. The molecule has 1 atom stereocenters. The molecule has 0 fully saturated rings. The summed E-state index contributed by atoms with van der Waals surface area (Å²) < 4.78 is 4.75. The minimum Gasteiger partial charge on any atom is -0.480 e. The zero-order chi connectivity index (χ0) is 17.5. The van der Waals surface area contributed by atoms with Crippen LogP contribution in [0.15, 0.2) is 23.8 Å². The van der Waals surface area contributed by atoms with Crippen LogP contribution in [-0.4, -0.2) is 51.8 Å². The number of hydrogen-bond acceptors (Lipinski definition) is 6. The Morgan fingerprint density at radius 3 is 2.14 bits per heavy atom. The number of hydrogen-bond donors (Lipinski definition) is 4. The standard InChI is InChI=1S/C13H17NO8/c1-13(2,9(14)11(19)20)6-22-12(21)7(10(17)18)4-3-5-8(15)16/h3-5,9H,6,14H2,1-2H3,(H,15,16)(H,17,18)(H,19,20)/b5-3+,7-4+. The second-order valence-electron chi connectivity index (χ2n) is 4.96. The third-order valence-corrected chi connectivity index (χ3v) is 2.64. The van der Waals surface area contributed by atoms with E-state index in [9.17, 15) is 19.2 Å². The van der Waals surface area contributed by atoms with Crippen LogP contribution in [0.2, 0.25) is 0 Å². The third-order valence-electron chi connectivity index (χ3n) is 2.64. The second kappa shape index (κ2) is 7.93. The van der Waals surface area contributed by atoms with Gasteiger partial charge in [-0.3, -0.25) is 4.79 Å². The van der Waals surface area contributed by atoms with Crippen LogP contribution in [0.3, 0.4) is 0 Å². The fourth-order valence-electron chi connectivity index (χ4n) is 1.21. The Balaban J connectivity index is 4.97. The molecule has 0 amide bonds. The quantitative estimate of drug-likeness (QED) is 0.153. The number of carbonyl (C=O) groups excluding carboxylic acids is 1. The average molecular weight is 315 g/mol. The van der Waals surface area contributed by atoms with E-state index < -0.39 is 47.5 Å². The molecule has 0 radical (unpaired) electrons. The van der Waals surface area contributed by atoms with Gasteiger partial charge in [0.15, 0.2) is 0 Å². The molecule has 0 aliphatic carbocycles. The highest BCUT2D eigenvalue weighted by molar-refractivity contribution is 6.13. The summed E-state index contributed by atoms with van der Waals surface area (Å²) in [6.45, 7) is 2.45. The Kier molecular flexibility index (Phi) is 6.97. The van der Waals surface area contributed by atoms with E-state index in [1.165, 1.54) is 13.8 Å². The van der Waals surface area contributed by atoms with Crippen molar-refractivity contribution in [3.8, 4) is 0 Å². The number of carboxylic acid groups (broad SMARTS) is 3. The first-order valence-electron chi connectivity index (χ1n) is 5.99. The number of allylic oxidation sites excluding steroid dienone is 2. The van der Waals surface area contributed by atoms with Gasteiger partial charge in [0, 0.05) is 11.5 Å². The summed E-state index contributed by atoms with van der Waals surface area (Å²) in [6.07, 6.45) is 2.27. The van der Waals surface area contributed by atoms with E-state index in [1.807, 2.05) is 0 Å². The predicted molar refractivity (Wildman–Crippen MR) is 72.8 cm³/mol. The fraction of sp³-hybridized carbons (Fsp3) is 0.385. The molecular formula is C13H17NO8. The van der Waals surface area contributed by atoms with E-state index in [0.29, 0.717) is 6.08 Å². The SMILES string of the molecule is CC(C)(COC(=O)/C(=C/C=C/C(=O)O)C(=O)O)C(N)C(=O)O. The van der Waals surface area contributed by atoms with Crippen molar-refractivity contribution in [1.82, 2.24) is 0 Å². The van der Waals surface area contributed by atoms with Crippen molar-refractivity contribution >= 4 is 23.9 Å². The van der Waals surface area contributed by atoms with Crippen molar-refractivity contribution in [2.75, 3.05) is 6.61 Å². The molecule has 0 aromatic carbocycles. The van der Waals surface area contributed by atoms with Gasteiger partial charge in [-0.25, -0.2) is 14.4 Å². The molecule has 0 rings (SSSR count). The van der Waals surface area contributed by atoms with Crippen LogP contribution >= 0.6 is 0 Å². The number of ether oxygens (including phenoxy) is 1. The first-order chi connectivity index (χ1) is 9.99. The topological polar surface area (TPSA) is 164 Å². The van der Waals surface area contributed by atoms with Crippen molar-refractivity contribution < 1.29 is 39.2 Å². The first kappa shape index (κ1) is 19.3. The van der Waals surface area contributed by atoms with Gasteiger partial charge in [-0.05, 0) is 6.08 Å². The monoisotopic (exact) mass is 315 g/mol. The van der Waals surface area contributed by atoms with Crippen molar-refractivity contribution in [3.05, 3.63) is 23.8 Å². The number of carbonyl (C=O) groups is 4. The highest BCUT2D eigenvalue weighted by Gasteiger charge is 2.34. The van der Waals surface area contributed by atoms with Gasteiger partial charge in [0.2, 0.25) is 0 Å². The maximum Gasteiger partial charge on any atom is 0.345 e. The normalized spacial score (nSPS) is 13.7. The van der Waals surface area contributed by atoms with E-state index in [4.69, 9.17) is 25.8 Å². The largest absolute Gasteiger partial charge is 0.480 e. The average Bonchev–Trinajstić information content (AvgIpc) is 2.39. The van der Waals surface area contributed by atoms with Gasteiger partial charge in [0.1, 0.15) is 11.6 Å². The van der Waals surface area contributed by atoms with Crippen LogP contribution in [0.25, 0.3) is 0 Å². The summed E-state index contributed by atoms with van der Waals surface area (Å²) in [6, 6.07) is -1.32. The lowest BCUT2D eigenvalue weighted by atomic mass is 9.86. The van der Waals surface area contributed by atoms with Crippen LogP contribution < -0.4 is 5.73 Å². The molecular weight excluding hydrogens is 298 g/mol. The molecule has 5 N–H and O–H groups in total. The smallest absolute Gasteiger partial charge is 0.345 e. The molecule has 9 heteroatoms. The van der Waals surface area contributed by atoms with Crippen LogP contribution in [-0.2, 0) is 23.9 Å². The molecule has 0 saturated heterocycles. The molecule has 22 heavy (non-hydrogen) atoms. The summed E-state index contributed by atoms with van der Waals surface area (Å²) in [5, 5.41) is 26.1. The van der Waals surface area contributed by atoms with E-state index in [-0.39, 0.29) is 0 Å². The molecule has 0 aliphatic rings. The van der Waals surface area contributed by atoms with Gasteiger partial charge in [0.05, 0.1) is 6.61 Å². The van der Waals surface area contributed by atoms with Gasteiger partial charge < -0.3 is 25.8 Å². The molecule has 0 spiro atoms. The molecule has 0 heterocycles. The Morgan fingerprint density at radius 2 is 1.73 bits per heavy atom. The van der Waals surface area contributed by atoms with E-state index >= 15 is 0 Å². The number of nitrogens with two attached hydrogens (primary N) is 1. The van der Waals surface area contributed by atoms with Crippen molar-refractivity contribution in [3.63, 3.8) is 0 Å². The highest BCUT2D eigenvalue weighted by Crippen LogP contribution is 2.20. The lowest BCUT2D eigenvalue weighted by Gasteiger charge is -2.27. The minimum atomic E-state index is -1.61. The Hall–Kier alpha value is -2.68. The van der Waals surface area contributed by atoms with Gasteiger partial charge in [0.25, 0.3) is 0 Å². The molecule has 1 unspecified atom stereocenters. The Morgan fingerprint density at radius 1 is 1.18 bits per heavy atom. The fourth-order valence-corrected chi connectivity index (χ4v) is 1.21. The van der Waals surface area contributed by atoms with E-state index in [2.05, 4.69) is 0 Å². The van der Waals surface area contributed by atoms with Gasteiger partial charge in [-0.2, -0.15) is 0 Å². The molecule has 0 aromatic rings. The van der Waals surface area contributed by atoms with Gasteiger partial charge in [-0.15, -0.1) is 0 Å². The number of carboxylic acids is 3. The summed E-state index contributed by atoms with van der Waals surface area (Å²) in [5.41, 5.74) is 3.51. The summed E-state index contributed by atoms with van der Waals surface area (Å²) in [7, 11) is 0. The van der Waals surface area contributed by atoms with Gasteiger partial charge in [-0.1, -0.05) is 19.9 Å². The molecule has 122 valence electrons. The second-order valence-corrected chi connectivity index (χ2v) is 4.96. The van der Waals surface area contributed by atoms with Gasteiger partial charge >= 0.3 is 23.9 Å². The van der Waals surface area contributed by atoms with Crippen LogP contribution in [0, 0.1) is 5.41 Å². The van der Waals surface area contributed by atoms with Crippen molar-refractivity contribution in [1.29, 1.82) is 0 Å². The lowest BCUT2D eigenvalue weighted by Crippen LogP contribution is -2.46. The molecule has 0 aromatic heterocycles. The maximum absolute atomic E-state index is 11.7. The minimum absolute atomic E-state index is 0.424. The summed E-state index contributed by atoms with van der Waals surface area (Å²) >= 11 is 0. The van der Waals surface area contributed by atoms with E-state index in [0.717, 1.165) is 12.2 Å². The van der Waals surface area contributed by atoms with Crippen LogP contribution in [0.5, 0.6) is 0 Å². The number of esters is 1. The van der Waals surface area contributed by atoms with E-state index in [1.54, 1.807) is 0 Å². The summed E-state index contributed by atoms with van der Waals surface area (Å²) in [5.74, 6) is -5.45. The predicted octanol–water partition coefficient (Wildman–Crippen LogP) is -0.380. The molecule has 9 nitrogen and oxygen atoms in total. The highest BCUT2D eigenvalue weighted by atomic mass is 16.5. The summed E-state index contributed by atoms with van der Waals surface area (Å²) in [4.78, 5) is 43.6. The van der Waals surface area contributed by atoms with Crippen LogP contribution in [0.4, 0.5) is 0 Å². The maximum atomic E-state index is 11.7. The number of rotatable bonds is 8. The lowest BCUT2D eigenvalue weighted by molar-refractivity contribution is -0.151. The number of aliphatic carboxylic acids is 3. The zero-order valence-corrected chi connectivity index (χ0v) is 12.0. The molecule has 0 saturated carbocycles.